The van der Waals surface area contributed by atoms with Crippen LogP contribution >= 0.6 is 11.6 Å². The first-order valence-electron chi connectivity index (χ1n) is 6.68. The minimum Gasteiger partial charge on any atom is -0.373 e. The fraction of sp³-hybridized carbons (Fsp3) is 0.600. The van der Waals surface area contributed by atoms with Crippen molar-refractivity contribution in [2.45, 2.75) is 38.8 Å². The fourth-order valence-electron chi connectivity index (χ4n) is 2.34. The highest BCUT2D eigenvalue weighted by Gasteiger charge is 2.30. The molecule has 2 rings (SSSR count). The Kier molecular flexibility index (Phi) is 4.49. The molecule has 1 saturated heterocycles. The Morgan fingerprint density at radius 1 is 1.42 bits per heavy atom. The van der Waals surface area contributed by atoms with Gasteiger partial charge in [-0.2, -0.15) is 0 Å². The lowest BCUT2D eigenvalue weighted by Crippen LogP contribution is -2.39. The van der Waals surface area contributed by atoms with Gasteiger partial charge in [0.15, 0.2) is 0 Å². The highest BCUT2D eigenvalue weighted by molar-refractivity contribution is 6.30. The maximum Gasteiger partial charge on any atom is 0.141 e. The van der Waals surface area contributed by atoms with Crippen molar-refractivity contribution in [3.8, 4) is 0 Å². The molecule has 1 aliphatic rings. The largest absolute Gasteiger partial charge is 0.373 e. The van der Waals surface area contributed by atoms with Crippen molar-refractivity contribution in [1.82, 2.24) is 5.32 Å². The zero-order valence-corrected chi connectivity index (χ0v) is 12.4. The summed E-state index contributed by atoms with van der Waals surface area (Å²) in [4.78, 5) is 0. The van der Waals surface area contributed by atoms with Crippen LogP contribution in [0.5, 0.6) is 0 Å². The molecule has 0 radical (unpaired) electrons. The normalized spacial score (nSPS) is 23.8. The Hall–Kier alpha value is -0.640. The second-order valence-electron chi connectivity index (χ2n) is 6.14. The summed E-state index contributed by atoms with van der Waals surface area (Å²) in [5, 5.41) is 3.67. The van der Waals surface area contributed by atoms with Crippen LogP contribution in [0.2, 0.25) is 5.02 Å². The lowest BCUT2D eigenvalue weighted by molar-refractivity contribution is 0.0889. The molecule has 1 heterocycles. The molecule has 1 aliphatic heterocycles. The van der Waals surface area contributed by atoms with Crippen LogP contribution in [0.1, 0.15) is 38.9 Å². The molecule has 4 heteroatoms. The summed E-state index contributed by atoms with van der Waals surface area (Å²) in [5.41, 5.74) is 1.05. The van der Waals surface area contributed by atoms with Crippen LogP contribution in [0, 0.1) is 11.7 Å². The molecule has 0 aliphatic carbocycles. The average Bonchev–Trinajstić information content (AvgIpc) is 2.77. The van der Waals surface area contributed by atoms with Gasteiger partial charge in [-0.15, -0.1) is 0 Å². The third-order valence-corrected chi connectivity index (χ3v) is 3.67. The zero-order valence-electron chi connectivity index (χ0n) is 11.7. The summed E-state index contributed by atoms with van der Waals surface area (Å²) in [6, 6.07) is 4.85. The van der Waals surface area contributed by atoms with E-state index in [9.17, 15) is 4.39 Å². The number of ether oxygens (including phenoxy) is 1. The summed E-state index contributed by atoms with van der Waals surface area (Å²) >= 11 is 5.84. The molecule has 0 spiro atoms. The van der Waals surface area contributed by atoms with E-state index in [0.717, 1.165) is 25.1 Å². The standard InChI is InChI=1S/C15H21ClFNO/c1-15(2,3)18-9-11-6-7-19-14(11)10-4-5-13(17)12(16)8-10/h4-5,8,11,14,18H,6-7,9H2,1-3H3. The summed E-state index contributed by atoms with van der Waals surface area (Å²) in [6.45, 7) is 8.07. The second-order valence-corrected chi connectivity index (χ2v) is 6.55. The molecule has 1 fully saturated rings. The lowest BCUT2D eigenvalue weighted by Gasteiger charge is -2.26. The predicted molar refractivity (Wildman–Crippen MR) is 76.0 cm³/mol. The minimum atomic E-state index is -0.382. The van der Waals surface area contributed by atoms with Crippen molar-refractivity contribution < 1.29 is 9.13 Å². The van der Waals surface area contributed by atoms with Crippen molar-refractivity contribution in [3.63, 3.8) is 0 Å². The third kappa shape index (κ3) is 3.91. The molecule has 2 unspecified atom stereocenters. The van der Waals surface area contributed by atoms with Gasteiger partial charge in [-0.3, -0.25) is 0 Å². The van der Waals surface area contributed by atoms with Gasteiger partial charge in [0.05, 0.1) is 11.1 Å². The van der Waals surface area contributed by atoms with Gasteiger partial charge in [0.25, 0.3) is 0 Å². The fourth-order valence-corrected chi connectivity index (χ4v) is 2.53. The number of halogens is 2. The molecule has 19 heavy (non-hydrogen) atoms. The zero-order chi connectivity index (χ0) is 14.0. The van der Waals surface area contributed by atoms with Gasteiger partial charge < -0.3 is 10.1 Å². The van der Waals surface area contributed by atoms with E-state index in [0.29, 0.717) is 5.92 Å². The average molecular weight is 286 g/mol. The number of benzene rings is 1. The van der Waals surface area contributed by atoms with Crippen LogP contribution in [0.4, 0.5) is 4.39 Å². The van der Waals surface area contributed by atoms with Crippen LogP contribution in [0.25, 0.3) is 0 Å². The van der Waals surface area contributed by atoms with Crippen LogP contribution in [-0.4, -0.2) is 18.7 Å². The van der Waals surface area contributed by atoms with Gasteiger partial charge in [-0.1, -0.05) is 17.7 Å². The first-order valence-corrected chi connectivity index (χ1v) is 7.06. The molecule has 0 bridgehead atoms. The van der Waals surface area contributed by atoms with E-state index in [1.54, 1.807) is 12.1 Å². The summed E-state index contributed by atoms with van der Waals surface area (Å²) in [7, 11) is 0. The van der Waals surface area contributed by atoms with Crippen LogP contribution in [0.3, 0.4) is 0 Å². The van der Waals surface area contributed by atoms with E-state index in [2.05, 4.69) is 26.1 Å². The molecule has 0 aromatic heterocycles. The maximum atomic E-state index is 13.2. The summed E-state index contributed by atoms with van der Waals surface area (Å²) < 4.78 is 19.0. The quantitative estimate of drug-likeness (QED) is 0.908. The van der Waals surface area contributed by atoms with Crippen molar-refractivity contribution in [3.05, 3.63) is 34.6 Å². The Balaban J connectivity index is 2.07. The molecule has 2 nitrogen and oxygen atoms in total. The number of hydrogen-bond acceptors (Lipinski definition) is 2. The van der Waals surface area contributed by atoms with Gasteiger partial charge in [0.1, 0.15) is 5.82 Å². The highest BCUT2D eigenvalue weighted by atomic mass is 35.5. The van der Waals surface area contributed by atoms with Gasteiger partial charge >= 0.3 is 0 Å². The summed E-state index contributed by atoms with van der Waals surface area (Å²) in [5.74, 6) is 0.0218. The first-order chi connectivity index (χ1) is 8.87. The minimum absolute atomic E-state index is 0.00736. The SMILES string of the molecule is CC(C)(C)NCC1CCOC1c1ccc(F)c(Cl)c1. The van der Waals surface area contributed by atoms with Gasteiger partial charge in [-0.05, 0) is 44.9 Å². The van der Waals surface area contributed by atoms with Crippen molar-refractivity contribution in [2.24, 2.45) is 5.92 Å². The van der Waals surface area contributed by atoms with E-state index in [-0.39, 0.29) is 22.5 Å². The number of hydrogen-bond donors (Lipinski definition) is 1. The van der Waals surface area contributed by atoms with Crippen LogP contribution in [0.15, 0.2) is 18.2 Å². The van der Waals surface area contributed by atoms with Crippen LogP contribution in [-0.2, 0) is 4.74 Å². The highest BCUT2D eigenvalue weighted by Crippen LogP contribution is 2.35. The van der Waals surface area contributed by atoms with E-state index in [1.807, 2.05) is 0 Å². The summed E-state index contributed by atoms with van der Waals surface area (Å²) in [6.07, 6.45) is 1.02. The smallest absolute Gasteiger partial charge is 0.141 e. The van der Waals surface area contributed by atoms with Crippen LogP contribution < -0.4 is 5.32 Å². The van der Waals surface area contributed by atoms with Gasteiger partial charge in [0, 0.05) is 24.6 Å². The molecule has 1 N–H and O–H groups in total. The van der Waals surface area contributed by atoms with Crippen molar-refractivity contribution >= 4 is 11.6 Å². The van der Waals surface area contributed by atoms with Crippen molar-refractivity contribution in [1.29, 1.82) is 0 Å². The lowest BCUT2D eigenvalue weighted by atomic mass is 9.94. The molecule has 0 amide bonds. The third-order valence-electron chi connectivity index (χ3n) is 3.38. The van der Waals surface area contributed by atoms with Gasteiger partial charge in [-0.25, -0.2) is 4.39 Å². The van der Waals surface area contributed by atoms with E-state index < -0.39 is 0 Å². The van der Waals surface area contributed by atoms with E-state index in [1.165, 1.54) is 6.07 Å². The number of nitrogens with one attached hydrogen (secondary N) is 1. The molecule has 1 aromatic rings. The van der Waals surface area contributed by atoms with E-state index >= 15 is 0 Å². The molecular formula is C15H21ClFNO. The monoisotopic (exact) mass is 285 g/mol. The first kappa shape index (κ1) is 14.8. The Morgan fingerprint density at radius 3 is 2.79 bits per heavy atom. The Morgan fingerprint density at radius 2 is 2.16 bits per heavy atom. The maximum absolute atomic E-state index is 13.2. The Bertz CT molecular complexity index is 444. The molecular weight excluding hydrogens is 265 g/mol. The topological polar surface area (TPSA) is 21.3 Å². The molecule has 106 valence electrons. The molecule has 2 atom stereocenters. The van der Waals surface area contributed by atoms with E-state index in [4.69, 9.17) is 16.3 Å². The second kappa shape index (κ2) is 5.78. The van der Waals surface area contributed by atoms with Gasteiger partial charge in [0.2, 0.25) is 0 Å². The predicted octanol–water partition coefficient (Wildman–Crippen LogP) is 3.94. The molecule has 1 aromatic carbocycles. The van der Waals surface area contributed by atoms with Crippen molar-refractivity contribution in [2.75, 3.05) is 13.2 Å². The molecule has 0 saturated carbocycles. The number of rotatable bonds is 3. The Labute approximate surface area is 119 Å².